The van der Waals surface area contributed by atoms with E-state index in [0.29, 0.717) is 5.92 Å². The molecule has 1 saturated carbocycles. The van der Waals surface area contributed by atoms with Crippen LogP contribution in [0.5, 0.6) is 0 Å². The highest BCUT2D eigenvalue weighted by Gasteiger charge is 2.18. The average molecular weight is 313 g/mol. The Labute approximate surface area is 132 Å². The van der Waals surface area contributed by atoms with Gasteiger partial charge >= 0.3 is 0 Å². The minimum atomic E-state index is 0.537. The summed E-state index contributed by atoms with van der Waals surface area (Å²) in [6.45, 7) is 8.82. The molecule has 0 aliphatic heterocycles. The van der Waals surface area contributed by atoms with E-state index in [9.17, 15) is 0 Å². The first-order chi connectivity index (χ1) is 9.70. The molecule has 0 bridgehead atoms. The highest BCUT2D eigenvalue weighted by Crippen LogP contribution is 2.34. The van der Waals surface area contributed by atoms with Crippen molar-refractivity contribution in [1.82, 2.24) is 10.3 Å². The summed E-state index contributed by atoms with van der Waals surface area (Å²) in [5.41, 5.74) is 1.32. The third-order valence-corrected chi connectivity index (χ3v) is 6.41. The third kappa shape index (κ3) is 4.74. The van der Waals surface area contributed by atoms with Crippen LogP contribution in [-0.2, 0) is 12.3 Å². The predicted molar refractivity (Wildman–Crippen MR) is 91.8 cm³/mol. The molecule has 0 amide bonds. The maximum atomic E-state index is 4.91. The number of thiazole rings is 1. The summed E-state index contributed by atoms with van der Waals surface area (Å²) in [7, 11) is 0. The van der Waals surface area contributed by atoms with E-state index in [0.717, 1.165) is 24.1 Å². The number of nitrogens with one attached hydrogen (secondary N) is 1. The molecule has 1 aromatic heterocycles. The summed E-state index contributed by atoms with van der Waals surface area (Å²) in [6, 6.07) is 0. The smallest absolute Gasteiger partial charge is 0.103 e. The lowest BCUT2D eigenvalue weighted by molar-refractivity contribution is 0.670. The molecule has 0 aromatic carbocycles. The Morgan fingerprint density at radius 1 is 1.35 bits per heavy atom. The van der Waals surface area contributed by atoms with Crippen molar-refractivity contribution in [3.8, 4) is 0 Å². The zero-order valence-electron chi connectivity index (χ0n) is 13.1. The van der Waals surface area contributed by atoms with Crippen molar-refractivity contribution in [2.75, 3.05) is 6.54 Å². The van der Waals surface area contributed by atoms with Gasteiger partial charge in [0.15, 0.2) is 0 Å². The molecule has 2 rings (SSSR count). The van der Waals surface area contributed by atoms with Crippen LogP contribution in [0, 0.1) is 0 Å². The van der Waals surface area contributed by atoms with Crippen molar-refractivity contribution in [3.63, 3.8) is 0 Å². The second-order valence-corrected chi connectivity index (χ2v) is 8.42. The molecule has 0 unspecified atom stereocenters. The molecule has 0 atom stereocenters. The zero-order valence-corrected chi connectivity index (χ0v) is 14.7. The highest BCUT2D eigenvalue weighted by molar-refractivity contribution is 7.99. The van der Waals surface area contributed by atoms with E-state index in [2.05, 4.69) is 37.8 Å². The van der Waals surface area contributed by atoms with Crippen LogP contribution in [0.2, 0.25) is 0 Å². The van der Waals surface area contributed by atoms with E-state index in [-0.39, 0.29) is 0 Å². The largest absolute Gasteiger partial charge is 0.312 e. The summed E-state index contributed by atoms with van der Waals surface area (Å²) in [4.78, 5) is 6.36. The molecule has 0 saturated heterocycles. The van der Waals surface area contributed by atoms with Crippen molar-refractivity contribution < 1.29 is 0 Å². The summed E-state index contributed by atoms with van der Waals surface area (Å²) in [6.07, 6.45) is 6.88. The van der Waals surface area contributed by atoms with Crippen LogP contribution in [0.1, 0.15) is 74.4 Å². The molecule has 4 heteroatoms. The molecular formula is C16H28N2S2. The molecule has 20 heavy (non-hydrogen) atoms. The summed E-state index contributed by atoms with van der Waals surface area (Å²) in [5.74, 6) is 1.65. The second-order valence-electron chi connectivity index (χ2n) is 5.96. The van der Waals surface area contributed by atoms with Gasteiger partial charge in [-0.25, -0.2) is 4.98 Å². The first-order valence-electron chi connectivity index (χ1n) is 8.01. The Kier molecular flexibility index (Phi) is 6.85. The van der Waals surface area contributed by atoms with Crippen LogP contribution < -0.4 is 5.32 Å². The normalized spacial score (nSPS) is 16.4. The fourth-order valence-electron chi connectivity index (χ4n) is 2.68. The van der Waals surface area contributed by atoms with Crippen molar-refractivity contribution in [2.24, 2.45) is 0 Å². The van der Waals surface area contributed by atoms with Crippen LogP contribution >= 0.6 is 23.1 Å². The lowest BCUT2D eigenvalue weighted by Crippen LogP contribution is -2.14. The lowest BCUT2D eigenvalue weighted by atomic mass is 10.1. The number of nitrogens with zero attached hydrogens (tertiary/aromatic N) is 1. The number of thioether (sulfide) groups is 1. The van der Waals surface area contributed by atoms with Gasteiger partial charge in [0.25, 0.3) is 0 Å². The van der Waals surface area contributed by atoms with Gasteiger partial charge in [-0.15, -0.1) is 11.3 Å². The third-order valence-electron chi connectivity index (χ3n) is 3.78. The monoisotopic (exact) mass is 312 g/mol. The van der Waals surface area contributed by atoms with Gasteiger partial charge in [-0.05, 0) is 31.7 Å². The lowest BCUT2D eigenvalue weighted by Gasteiger charge is -2.06. The number of aromatic nitrogens is 1. The van der Waals surface area contributed by atoms with Gasteiger partial charge in [0.2, 0.25) is 0 Å². The van der Waals surface area contributed by atoms with E-state index in [1.807, 2.05) is 11.3 Å². The van der Waals surface area contributed by atoms with Crippen molar-refractivity contribution >= 4 is 23.1 Å². The highest BCUT2D eigenvalue weighted by atomic mass is 32.2. The Bertz CT molecular complexity index is 395. The summed E-state index contributed by atoms with van der Waals surface area (Å²) >= 11 is 4.05. The van der Waals surface area contributed by atoms with E-state index in [4.69, 9.17) is 4.98 Å². The van der Waals surface area contributed by atoms with E-state index in [1.165, 1.54) is 47.7 Å². The maximum absolute atomic E-state index is 4.91. The first-order valence-corrected chi connectivity index (χ1v) is 9.88. The Hall–Kier alpha value is -0.0600. The second kappa shape index (κ2) is 8.40. The average Bonchev–Trinajstić information content (AvgIpc) is 3.05. The van der Waals surface area contributed by atoms with Crippen molar-refractivity contribution in [1.29, 1.82) is 0 Å². The molecule has 2 nitrogen and oxygen atoms in total. The number of hydrogen-bond acceptors (Lipinski definition) is 4. The summed E-state index contributed by atoms with van der Waals surface area (Å²) in [5, 5.41) is 5.74. The molecule has 1 N–H and O–H groups in total. The van der Waals surface area contributed by atoms with Crippen LogP contribution in [0.3, 0.4) is 0 Å². The minimum Gasteiger partial charge on any atom is -0.312 e. The zero-order chi connectivity index (χ0) is 14.4. The van der Waals surface area contributed by atoms with Gasteiger partial charge < -0.3 is 5.32 Å². The minimum absolute atomic E-state index is 0.537. The molecule has 1 aliphatic rings. The number of rotatable bonds is 8. The van der Waals surface area contributed by atoms with Crippen LogP contribution in [-0.4, -0.2) is 16.8 Å². The maximum Gasteiger partial charge on any atom is 0.103 e. The van der Waals surface area contributed by atoms with E-state index >= 15 is 0 Å². The van der Waals surface area contributed by atoms with Gasteiger partial charge in [-0.1, -0.05) is 33.6 Å². The number of hydrogen-bond donors (Lipinski definition) is 1. The standard InChI is InChI=1S/C16H28N2S2/c1-4-9-17-10-14-16(12(2)3)18-15(20-14)11-19-13-7-5-6-8-13/h12-13,17H,4-11H2,1-3H3. The van der Waals surface area contributed by atoms with Gasteiger partial charge in [-0.3, -0.25) is 0 Å². The van der Waals surface area contributed by atoms with Crippen molar-refractivity contribution in [3.05, 3.63) is 15.6 Å². The Balaban J connectivity index is 1.92. The Morgan fingerprint density at radius 2 is 2.10 bits per heavy atom. The Morgan fingerprint density at radius 3 is 2.75 bits per heavy atom. The molecule has 1 aromatic rings. The van der Waals surface area contributed by atoms with Crippen LogP contribution in [0.25, 0.3) is 0 Å². The fraction of sp³-hybridized carbons (Fsp3) is 0.812. The molecule has 114 valence electrons. The van der Waals surface area contributed by atoms with E-state index in [1.54, 1.807) is 0 Å². The topological polar surface area (TPSA) is 24.9 Å². The first kappa shape index (κ1) is 16.3. The molecule has 1 fully saturated rings. The molecule has 1 heterocycles. The SMILES string of the molecule is CCCNCc1sc(CSC2CCCC2)nc1C(C)C. The van der Waals surface area contributed by atoms with Crippen LogP contribution in [0.15, 0.2) is 0 Å². The molecular weight excluding hydrogens is 284 g/mol. The van der Waals surface area contributed by atoms with Crippen LogP contribution in [0.4, 0.5) is 0 Å². The van der Waals surface area contributed by atoms with E-state index < -0.39 is 0 Å². The molecule has 0 radical (unpaired) electrons. The van der Waals surface area contributed by atoms with Crippen molar-refractivity contribution in [2.45, 2.75) is 76.3 Å². The van der Waals surface area contributed by atoms with Gasteiger partial charge in [0.05, 0.1) is 5.69 Å². The van der Waals surface area contributed by atoms with Gasteiger partial charge in [0, 0.05) is 22.4 Å². The molecule has 1 aliphatic carbocycles. The van der Waals surface area contributed by atoms with Gasteiger partial charge in [0.1, 0.15) is 5.01 Å². The summed E-state index contributed by atoms with van der Waals surface area (Å²) < 4.78 is 0. The molecule has 0 spiro atoms. The quantitative estimate of drug-likeness (QED) is 0.688. The predicted octanol–water partition coefficient (Wildman–Crippen LogP) is 4.94. The van der Waals surface area contributed by atoms with Gasteiger partial charge in [-0.2, -0.15) is 11.8 Å². The fourth-order valence-corrected chi connectivity index (χ4v) is 5.21.